The summed E-state index contributed by atoms with van der Waals surface area (Å²) in [5.41, 5.74) is 2.65. The van der Waals surface area contributed by atoms with E-state index in [2.05, 4.69) is 31.2 Å². The molecule has 3 heteroatoms. The number of carboxylic acid groups (broad SMARTS) is 1. The Morgan fingerprint density at radius 3 is 2.41 bits per heavy atom. The smallest absolute Gasteiger partial charge is 0.407 e. The molecule has 1 saturated heterocycles. The van der Waals surface area contributed by atoms with E-state index in [4.69, 9.17) is 5.11 Å². The number of hydrogen-bond acceptors (Lipinski definition) is 1. The lowest BCUT2D eigenvalue weighted by Crippen LogP contribution is -2.37. The minimum atomic E-state index is -0.779. The van der Waals surface area contributed by atoms with Crippen molar-refractivity contribution in [2.24, 2.45) is 5.92 Å². The Morgan fingerprint density at radius 2 is 1.88 bits per heavy atom. The number of aryl methyl sites for hydroxylation is 1. The second kappa shape index (κ2) is 5.21. The van der Waals surface area contributed by atoms with Crippen LogP contribution in [0.2, 0.25) is 0 Å². The van der Waals surface area contributed by atoms with Gasteiger partial charge < -0.3 is 10.0 Å². The van der Waals surface area contributed by atoms with E-state index in [1.54, 1.807) is 0 Å². The predicted octanol–water partition coefficient (Wildman–Crippen LogP) is 2.93. The van der Waals surface area contributed by atoms with Gasteiger partial charge in [0.15, 0.2) is 0 Å². The largest absolute Gasteiger partial charge is 0.465 e. The molecule has 0 spiro atoms. The van der Waals surface area contributed by atoms with Gasteiger partial charge in [0.05, 0.1) is 0 Å². The van der Waals surface area contributed by atoms with E-state index in [1.807, 2.05) is 0 Å². The SMILES string of the molecule is Cc1ccc(CC2CCN(C(=O)O)CC2)cc1. The van der Waals surface area contributed by atoms with Crippen LogP contribution in [0, 0.1) is 12.8 Å². The van der Waals surface area contributed by atoms with Gasteiger partial charge in [0.25, 0.3) is 0 Å². The van der Waals surface area contributed by atoms with Crippen molar-refractivity contribution in [3.05, 3.63) is 35.4 Å². The zero-order valence-corrected chi connectivity index (χ0v) is 10.2. The van der Waals surface area contributed by atoms with Gasteiger partial charge >= 0.3 is 6.09 Å². The van der Waals surface area contributed by atoms with E-state index in [-0.39, 0.29) is 0 Å². The highest BCUT2D eigenvalue weighted by molar-refractivity contribution is 5.64. The first-order chi connectivity index (χ1) is 8.15. The summed E-state index contributed by atoms with van der Waals surface area (Å²) in [6.07, 6.45) is 2.27. The van der Waals surface area contributed by atoms with Gasteiger partial charge in [-0.15, -0.1) is 0 Å². The van der Waals surface area contributed by atoms with Crippen molar-refractivity contribution in [3.63, 3.8) is 0 Å². The molecule has 1 fully saturated rings. The number of likely N-dealkylation sites (tertiary alicyclic amines) is 1. The fraction of sp³-hybridized carbons (Fsp3) is 0.500. The molecule has 0 aromatic heterocycles. The summed E-state index contributed by atoms with van der Waals surface area (Å²) < 4.78 is 0. The van der Waals surface area contributed by atoms with Crippen molar-refractivity contribution >= 4 is 6.09 Å². The lowest BCUT2D eigenvalue weighted by molar-refractivity contribution is 0.124. The molecular weight excluding hydrogens is 214 g/mol. The Hall–Kier alpha value is -1.51. The van der Waals surface area contributed by atoms with Gasteiger partial charge in [-0.3, -0.25) is 0 Å². The molecule has 0 saturated carbocycles. The molecule has 2 rings (SSSR count). The second-order valence-corrected chi connectivity index (χ2v) is 4.90. The van der Waals surface area contributed by atoms with Crippen LogP contribution in [-0.4, -0.2) is 29.2 Å². The molecular formula is C14H19NO2. The lowest BCUT2D eigenvalue weighted by atomic mass is 9.90. The normalized spacial score (nSPS) is 17.1. The molecule has 92 valence electrons. The average molecular weight is 233 g/mol. The van der Waals surface area contributed by atoms with Crippen molar-refractivity contribution in [2.75, 3.05) is 13.1 Å². The number of nitrogens with zero attached hydrogens (tertiary/aromatic N) is 1. The van der Waals surface area contributed by atoms with Crippen LogP contribution in [0.3, 0.4) is 0 Å². The lowest BCUT2D eigenvalue weighted by Gasteiger charge is -2.30. The van der Waals surface area contributed by atoms with Gasteiger partial charge in [-0.1, -0.05) is 29.8 Å². The third-order valence-electron chi connectivity index (χ3n) is 3.53. The highest BCUT2D eigenvalue weighted by Gasteiger charge is 2.22. The molecule has 17 heavy (non-hydrogen) atoms. The van der Waals surface area contributed by atoms with E-state index in [0.29, 0.717) is 19.0 Å². The topological polar surface area (TPSA) is 40.5 Å². The standard InChI is InChI=1S/C14H19NO2/c1-11-2-4-12(5-3-11)10-13-6-8-15(9-7-13)14(16)17/h2-5,13H,6-10H2,1H3,(H,16,17). The van der Waals surface area contributed by atoms with E-state index in [0.717, 1.165) is 19.3 Å². The van der Waals surface area contributed by atoms with Crippen LogP contribution in [0.15, 0.2) is 24.3 Å². The Morgan fingerprint density at radius 1 is 1.29 bits per heavy atom. The van der Waals surface area contributed by atoms with Crippen LogP contribution in [0.5, 0.6) is 0 Å². The van der Waals surface area contributed by atoms with E-state index >= 15 is 0 Å². The molecule has 1 aromatic rings. The molecule has 1 N–H and O–H groups in total. The van der Waals surface area contributed by atoms with Gasteiger partial charge in [-0.25, -0.2) is 4.79 Å². The molecule has 1 aliphatic heterocycles. The first kappa shape index (κ1) is 12.0. The molecule has 1 aromatic carbocycles. The zero-order valence-electron chi connectivity index (χ0n) is 10.2. The summed E-state index contributed by atoms with van der Waals surface area (Å²) in [5, 5.41) is 8.87. The molecule has 0 bridgehead atoms. The summed E-state index contributed by atoms with van der Waals surface area (Å²) >= 11 is 0. The fourth-order valence-electron chi connectivity index (χ4n) is 2.39. The number of amides is 1. The van der Waals surface area contributed by atoms with E-state index in [9.17, 15) is 4.79 Å². The maximum atomic E-state index is 10.8. The highest BCUT2D eigenvalue weighted by Crippen LogP contribution is 2.21. The molecule has 1 heterocycles. The summed E-state index contributed by atoms with van der Waals surface area (Å²) in [5.74, 6) is 0.633. The summed E-state index contributed by atoms with van der Waals surface area (Å²) in [6.45, 7) is 3.47. The summed E-state index contributed by atoms with van der Waals surface area (Å²) in [4.78, 5) is 12.3. The zero-order chi connectivity index (χ0) is 12.3. The monoisotopic (exact) mass is 233 g/mol. The number of piperidine rings is 1. The minimum Gasteiger partial charge on any atom is -0.465 e. The Balaban J connectivity index is 1.85. The van der Waals surface area contributed by atoms with E-state index in [1.165, 1.54) is 16.0 Å². The molecule has 0 radical (unpaired) electrons. The molecule has 1 aliphatic rings. The van der Waals surface area contributed by atoms with Crippen molar-refractivity contribution < 1.29 is 9.90 Å². The van der Waals surface area contributed by atoms with E-state index < -0.39 is 6.09 Å². The Kier molecular flexibility index (Phi) is 3.67. The maximum Gasteiger partial charge on any atom is 0.407 e. The fourth-order valence-corrected chi connectivity index (χ4v) is 2.39. The van der Waals surface area contributed by atoms with Crippen LogP contribution in [-0.2, 0) is 6.42 Å². The third-order valence-corrected chi connectivity index (χ3v) is 3.53. The molecule has 0 atom stereocenters. The van der Waals surface area contributed by atoms with Crippen LogP contribution >= 0.6 is 0 Å². The highest BCUT2D eigenvalue weighted by atomic mass is 16.4. The first-order valence-electron chi connectivity index (χ1n) is 6.18. The molecule has 3 nitrogen and oxygen atoms in total. The van der Waals surface area contributed by atoms with Gasteiger partial charge in [0.2, 0.25) is 0 Å². The number of benzene rings is 1. The predicted molar refractivity (Wildman–Crippen MR) is 67.2 cm³/mol. The Bertz CT molecular complexity index is 378. The van der Waals surface area contributed by atoms with Crippen LogP contribution < -0.4 is 0 Å². The van der Waals surface area contributed by atoms with Crippen molar-refractivity contribution in [1.82, 2.24) is 4.90 Å². The van der Waals surface area contributed by atoms with Crippen molar-refractivity contribution in [2.45, 2.75) is 26.2 Å². The molecule has 0 aliphatic carbocycles. The quantitative estimate of drug-likeness (QED) is 0.853. The van der Waals surface area contributed by atoms with Crippen LogP contribution in [0.1, 0.15) is 24.0 Å². The maximum absolute atomic E-state index is 10.8. The first-order valence-corrected chi connectivity index (χ1v) is 6.18. The Labute approximate surface area is 102 Å². The number of hydrogen-bond donors (Lipinski definition) is 1. The average Bonchev–Trinajstić information content (AvgIpc) is 2.33. The van der Waals surface area contributed by atoms with Crippen molar-refractivity contribution in [1.29, 1.82) is 0 Å². The number of rotatable bonds is 2. The minimum absolute atomic E-state index is 0.633. The molecule has 0 unspecified atom stereocenters. The summed E-state index contributed by atoms with van der Waals surface area (Å²) in [7, 11) is 0. The van der Waals surface area contributed by atoms with Crippen LogP contribution in [0.4, 0.5) is 4.79 Å². The van der Waals surface area contributed by atoms with Gasteiger partial charge in [0.1, 0.15) is 0 Å². The third kappa shape index (κ3) is 3.22. The molecule has 1 amide bonds. The van der Waals surface area contributed by atoms with Gasteiger partial charge in [-0.2, -0.15) is 0 Å². The van der Waals surface area contributed by atoms with Gasteiger partial charge in [0, 0.05) is 13.1 Å². The van der Waals surface area contributed by atoms with Gasteiger partial charge in [-0.05, 0) is 37.7 Å². The second-order valence-electron chi connectivity index (χ2n) is 4.90. The van der Waals surface area contributed by atoms with Crippen molar-refractivity contribution in [3.8, 4) is 0 Å². The summed E-state index contributed by atoms with van der Waals surface area (Å²) in [6, 6.07) is 8.64. The van der Waals surface area contributed by atoms with Crippen LogP contribution in [0.25, 0.3) is 0 Å². The number of carbonyl (C=O) groups is 1.